The van der Waals surface area contributed by atoms with Crippen LogP contribution in [-0.2, 0) is 4.57 Å². The van der Waals surface area contributed by atoms with E-state index in [4.69, 9.17) is 5.11 Å². The Hall–Kier alpha value is 0.660. The quantitative estimate of drug-likeness (QED) is 0.517. The predicted octanol–water partition coefficient (Wildman–Crippen LogP) is 1.70. The highest BCUT2D eigenvalue weighted by Crippen LogP contribution is 2.95. The van der Waals surface area contributed by atoms with Crippen LogP contribution in [0.25, 0.3) is 0 Å². The van der Waals surface area contributed by atoms with E-state index in [0.29, 0.717) is 0 Å². The van der Waals surface area contributed by atoms with Gasteiger partial charge in [-0.1, -0.05) is 0 Å². The molecule has 5 heteroatoms. The van der Waals surface area contributed by atoms with Crippen LogP contribution in [0.1, 0.15) is 0 Å². The molecule has 2 aliphatic heterocycles. The molecule has 32 valence electrons. The third kappa shape index (κ3) is 0.200. The van der Waals surface area contributed by atoms with E-state index in [2.05, 4.69) is 0 Å². The number of hydrogen-bond acceptors (Lipinski definition) is 2. The van der Waals surface area contributed by atoms with Gasteiger partial charge >= 0.3 is 0 Å². The minimum atomic E-state index is -1.06. The number of rotatable bonds is 0. The molecule has 6 heavy (non-hydrogen) atoms. The van der Waals surface area contributed by atoms with Gasteiger partial charge in [-0.2, -0.15) is 0 Å². The molecule has 3 atom stereocenters. The normalized spacial score (nSPS) is 62.2. The van der Waals surface area contributed by atoms with Crippen LogP contribution < -0.4 is 0 Å². The van der Waals surface area contributed by atoms with Gasteiger partial charge < -0.3 is 5.11 Å². The lowest BCUT2D eigenvalue weighted by Gasteiger charge is -1.73. The summed E-state index contributed by atoms with van der Waals surface area (Å²) in [5.74, 6) is 0. The third-order valence-corrected chi connectivity index (χ3v) is 12.9. The first-order valence-electron chi connectivity index (χ1n) is 1.48. The molecular weight excluding hydrogens is 137 g/mol. The van der Waals surface area contributed by atoms with Gasteiger partial charge in [-0.25, -0.2) is 0 Å². The lowest BCUT2D eigenvalue weighted by Crippen LogP contribution is -1.77. The van der Waals surface area contributed by atoms with E-state index in [-0.39, 0.29) is 6.50 Å². The molecule has 2 heterocycles. The fraction of sp³-hybridized carbons (Fsp3) is 1.00. The van der Waals surface area contributed by atoms with Crippen LogP contribution in [0.3, 0.4) is 0 Å². The monoisotopic (exact) mass is 138 g/mol. The van der Waals surface area contributed by atoms with Gasteiger partial charge in [-0.3, -0.25) is 4.57 Å². The molecule has 2 rings (SSSR count). The summed E-state index contributed by atoms with van der Waals surface area (Å²) >= 11 is 0. The van der Waals surface area contributed by atoms with Crippen molar-refractivity contribution in [2.75, 3.05) is 0 Å². The van der Waals surface area contributed by atoms with Gasteiger partial charge in [-0.05, 0) is 7.87 Å². The molecule has 0 bridgehead atoms. The first-order valence-corrected chi connectivity index (χ1v) is 6.38. The van der Waals surface area contributed by atoms with Crippen LogP contribution in [0, 0.1) is 0 Å². The SMILES string of the molecule is O=P1=P2=PC12O. The third-order valence-electron chi connectivity index (χ3n) is 0.847. The Balaban J connectivity index is 2.91. The molecule has 1 N–H and O–H groups in total. The average molecular weight is 138 g/mol. The Bertz CT molecular complexity index is 232. The predicted molar refractivity (Wildman–Crippen MR) is 26.4 cm³/mol. The van der Waals surface area contributed by atoms with E-state index >= 15 is 0 Å². The van der Waals surface area contributed by atoms with Gasteiger partial charge in [0, 0.05) is 6.50 Å². The number of fused-ring (bicyclic) bond motifs is 1. The van der Waals surface area contributed by atoms with Crippen molar-refractivity contribution in [1.82, 2.24) is 0 Å². The van der Waals surface area contributed by atoms with Crippen LogP contribution in [-0.4, -0.2) is 9.93 Å². The first kappa shape index (κ1) is 3.64. The summed E-state index contributed by atoms with van der Waals surface area (Å²) < 4.78 is 10.2. The highest BCUT2D eigenvalue weighted by Gasteiger charge is 2.59. The Morgan fingerprint density at radius 3 is 2.17 bits per heavy atom. The Kier molecular flexibility index (Phi) is 0.399. The van der Waals surface area contributed by atoms with E-state index in [0.717, 1.165) is 7.87 Å². The molecule has 0 spiro atoms. The van der Waals surface area contributed by atoms with Crippen molar-refractivity contribution < 1.29 is 9.67 Å². The van der Waals surface area contributed by atoms with Crippen molar-refractivity contribution in [2.24, 2.45) is 0 Å². The van der Waals surface area contributed by atoms with Crippen molar-refractivity contribution in [2.45, 2.75) is 4.82 Å². The van der Waals surface area contributed by atoms with Crippen molar-refractivity contribution in [3.63, 3.8) is 0 Å². The van der Waals surface area contributed by atoms with Crippen LogP contribution >= 0.6 is 21.5 Å². The number of aliphatic hydroxyl groups is 1. The summed E-state index contributed by atoms with van der Waals surface area (Å²) in [7, 11) is 0.0125. The van der Waals surface area contributed by atoms with Gasteiger partial charge in [0.2, 0.25) is 4.82 Å². The van der Waals surface area contributed by atoms with Gasteiger partial charge in [0.15, 0.2) is 7.09 Å². The summed E-state index contributed by atoms with van der Waals surface area (Å²) in [6.07, 6.45) is 0. The van der Waals surface area contributed by atoms with E-state index in [1.54, 1.807) is 0 Å². The summed E-state index contributed by atoms with van der Waals surface area (Å²) in [4.78, 5) is -0.579. The minimum Gasteiger partial charge on any atom is -0.364 e. The van der Waals surface area contributed by atoms with Gasteiger partial charge in [-0.15, -0.1) is 0 Å². The van der Waals surface area contributed by atoms with Crippen LogP contribution in [0.2, 0.25) is 0 Å². The molecule has 2 nitrogen and oxygen atoms in total. The van der Waals surface area contributed by atoms with Gasteiger partial charge in [0.1, 0.15) is 0 Å². The Morgan fingerprint density at radius 2 is 2.17 bits per heavy atom. The van der Waals surface area contributed by atoms with Crippen LogP contribution in [0.5, 0.6) is 0 Å². The molecule has 3 unspecified atom stereocenters. The molecule has 2 aliphatic rings. The first-order chi connectivity index (χ1) is 2.75. The van der Waals surface area contributed by atoms with E-state index in [1.165, 1.54) is 0 Å². The lowest BCUT2D eigenvalue weighted by atomic mass is 11.6. The van der Waals surface area contributed by atoms with Gasteiger partial charge in [0.05, 0.1) is 0 Å². The van der Waals surface area contributed by atoms with E-state index < -0.39 is 11.9 Å². The second-order valence-electron chi connectivity index (χ2n) is 1.26. The Labute approximate surface area is 36.8 Å². The maximum Gasteiger partial charge on any atom is 0.235 e. The summed E-state index contributed by atoms with van der Waals surface area (Å²) in [6.45, 7) is -0.310. The smallest absolute Gasteiger partial charge is 0.235 e. The second-order valence-corrected chi connectivity index (χ2v) is 10.6. The molecule has 0 aromatic heterocycles. The zero-order chi connectivity index (χ0) is 4.36. The zero-order valence-electron chi connectivity index (χ0n) is 2.70. The number of hydrogen-bond donors (Lipinski definition) is 1. The molecule has 0 saturated carbocycles. The zero-order valence-corrected chi connectivity index (χ0v) is 5.38. The average Bonchev–Trinajstić information content (AvgIpc) is 2.24. The maximum atomic E-state index is 10.2. The van der Waals surface area contributed by atoms with Crippen molar-refractivity contribution in [3.8, 4) is 0 Å². The van der Waals surface area contributed by atoms with E-state index in [9.17, 15) is 4.57 Å². The van der Waals surface area contributed by atoms with Crippen LogP contribution in [0.4, 0.5) is 0 Å². The standard InChI is InChI=1S/CHO2P3/c2-1-4-6(1)5(1)3/h2H. The molecule has 0 aliphatic carbocycles. The minimum absolute atomic E-state index is 0.310. The molecular formula is CHO2P3. The largest absolute Gasteiger partial charge is 0.364 e. The maximum absolute atomic E-state index is 10.2. The molecule has 0 fully saturated rings. The second kappa shape index (κ2) is 0.659. The highest BCUT2D eigenvalue weighted by atomic mass is 32.1. The van der Waals surface area contributed by atoms with E-state index in [1.807, 2.05) is 0 Å². The fourth-order valence-electron chi connectivity index (χ4n) is 0.324. The molecule has 0 amide bonds. The highest BCUT2D eigenvalue weighted by molar-refractivity contribution is 8.46. The summed E-state index contributed by atoms with van der Waals surface area (Å²) in [6, 6.07) is 0. The molecule has 0 aromatic carbocycles. The fourth-order valence-corrected chi connectivity index (χ4v) is 9.77. The molecule has 0 aromatic rings. The lowest BCUT2D eigenvalue weighted by molar-refractivity contribution is 0.319. The van der Waals surface area contributed by atoms with Crippen LogP contribution in [0.15, 0.2) is 0 Å². The van der Waals surface area contributed by atoms with Crippen molar-refractivity contribution in [1.29, 1.82) is 0 Å². The Morgan fingerprint density at radius 1 is 1.83 bits per heavy atom. The van der Waals surface area contributed by atoms with Crippen molar-refractivity contribution in [3.05, 3.63) is 0 Å². The molecule has 0 radical (unpaired) electrons. The van der Waals surface area contributed by atoms with Crippen molar-refractivity contribution >= 4 is 21.5 Å². The topological polar surface area (TPSA) is 37.3 Å². The molecule has 0 saturated heterocycles. The van der Waals surface area contributed by atoms with Gasteiger partial charge in [0.25, 0.3) is 0 Å². The summed E-state index contributed by atoms with van der Waals surface area (Å²) in [5.41, 5.74) is 0. The summed E-state index contributed by atoms with van der Waals surface area (Å²) in [5, 5.41) is 8.71.